The predicted octanol–water partition coefficient (Wildman–Crippen LogP) is 3.88. The molecule has 4 heterocycles. The first-order valence-electron chi connectivity index (χ1n) is 12.9. The van der Waals surface area contributed by atoms with Crippen LogP contribution in [0.25, 0.3) is 0 Å². The SMILES string of the molecule is CN1CCC[C@H]1COc1nc2c(c(N3CCN[C@@H](CC#N)C3)n1)CCN(c1cccc(Cl)c1C(F)(F)F)C2. The molecule has 2 fully saturated rings. The second-order valence-corrected chi connectivity index (χ2v) is 10.5. The van der Waals surface area contributed by atoms with Gasteiger partial charge in [0.25, 0.3) is 0 Å². The third-order valence-corrected chi connectivity index (χ3v) is 7.92. The number of hydrogen-bond donors (Lipinski definition) is 1. The minimum Gasteiger partial charge on any atom is -0.462 e. The van der Waals surface area contributed by atoms with Crippen LogP contribution in [-0.4, -0.2) is 73.3 Å². The van der Waals surface area contributed by atoms with E-state index >= 15 is 0 Å². The van der Waals surface area contributed by atoms with E-state index in [0.717, 1.165) is 30.8 Å². The van der Waals surface area contributed by atoms with Gasteiger partial charge < -0.3 is 24.8 Å². The van der Waals surface area contributed by atoms with E-state index in [1.165, 1.54) is 18.2 Å². The van der Waals surface area contributed by atoms with Crippen LogP contribution in [0.5, 0.6) is 6.01 Å². The maximum atomic E-state index is 13.9. The average molecular weight is 550 g/mol. The van der Waals surface area contributed by atoms with E-state index < -0.39 is 11.7 Å². The number of likely N-dealkylation sites (N-methyl/N-ethyl adjacent to an activating group) is 1. The summed E-state index contributed by atoms with van der Waals surface area (Å²) in [6.07, 6.45) is -1.58. The Hall–Kier alpha value is -2.81. The van der Waals surface area contributed by atoms with Gasteiger partial charge in [-0.3, -0.25) is 0 Å². The highest BCUT2D eigenvalue weighted by Crippen LogP contribution is 2.42. The molecule has 1 aromatic heterocycles. The zero-order valence-corrected chi connectivity index (χ0v) is 22.0. The second kappa shape index (κ2) is 11.1. The van der Waals surface area contributed by atoms with Crippen LogP contribution in [-0.2, 0) is 19.1 Å². The van der Waals surface area contributed by atoms with Crippen LogP contribution in [0.2, 0.25) is 5.02 Å². The number of piperazine rings is 1. The van der Waals surface area contributed by atoms with Gasteiger partial charge in [0.05, 0.1) is 41.0 Å². The molecule has 0 bridgehead atoms. The van der Waals surface area contributed by atoms with E-state index in [4.69, 9.17) is 26.3 Å². The number of benzene rings is 1. The third kappa shape index (κ3) is 5.63. The number of ether oxygens (including phenoxy) is 1. The van der Waals surface area contributed by atoms with Gasteiger partial charge in [-0.2, -0.15) is 28.4 Å². The van der Waals surface area contributed by atoms with Crippen molar-refractivity contribution >= 4 is 23.1 Å². The molecule has 204 valence electrons. The van der Waals surface area contributed by atoms with Crippen molar-refractivity contribution in [2.24, 2.45) is 0 Å². The molecule has 2 aromatic rings. The van der Waals surface area contributed by atoms with E-state index in [1.54, 1.807) is 4.90 Å². The number of halogens is 4. The quantitative estimate of drug-likeness (QED) is 0.582. The van der Waals surface area contributed by atoms with Gasteiger partial charge in [0.1, 0.15) is 12.4 Å². The number of aromatic nitrogens is 2. The average Bonchev–Trinajstić information content (AvgIpc) is 3.30. The smallest absolute Gasteiger partial charge is 0.419 e. The largest absolute Gasteiger partial charge is 0.462 e. The molecule has 3 aliphatic rings. The lowest BCUT2D eigenvalue weighted by molar-refractivity contribution is -0.137. The third-order valence-electron chi connectivity index (χ3n) is 7.61. The van der Waals surface area contributed by atoms with Crippen LogP contribution in [0.3, 0.4) is 0 Å². The first-order chi connectivity index (χ1) is 18.2. The number of nitrogens with zero attached hydrogens (tertiary/aromatic N) is 6. The van der Waals surface area contributed by atoms with Crippen molar-refractivity contribution in [3.63, 3.8) is 0 Å². The van der Waals surface area contributed by atoms with Crippen LogP contribution in [0.1, 0.15) is 36.1 Å². The van der Waals surface area contributed by atoms with E-state index in [2.05, 4.69) is 28.2 Å². The van der Waals surface area contributed by atoms with Gasteiger partial charge in [0, 0.05) is 43.8 Å². The highest BCUT2D eigenvalue weighted by atomic mass is 35.5. The van der Waals surface area contributed by atoms with E-state index in [1.807, 2.05) is 0 Å². The van der Waals surface area contributed by atoms with Crippen molar-refractivity contribution in [1.82, 2.24) is 20.2 Å². The maximum absolute atomic E-state index is 13.9. The van der Waals surface area contributed by atoms with Gasteiger partial charge in [0.15, 0.2) is 0 Å². The van der Waals surface area contributed by atoms with E-state index in [9.17, 15) is 18.4 Å². The number of fused-ring (bicyclic) bond motifs is 1. The summed E-state index contributed by atoms with van der Waals surface area (Å²) in [5.41, 5.74) is 0.781. The van der Waals surface area contributed by atoms with Crippen LogP contribution < -0.4 is 19.9 Å². The van der Waals surface area contributed by atoms with Gasteiger partial charge >= 0.3 is 12.2 Å². The number of rotatable bonds is 6. The molecule has 12 heteroatoms. The zero-order chi connectivity index (χ0) is 26.9. The van der Waals surface area contributed by atoms with Gasteiger partial charge in [-0.25, -0.2) is 0 Å². The highest BCUT2D eigenvalue weighted by molar-refractivity contribution is 6.31. The van der Waals surface area contributed by atoms with E-state index in [-0.39, 0.29) is 35.3 Å². The molecule has 0 unspecified atom stereocenters. The van der Waals surface area contributed by atoms with Crippen molar-refractivity contribution in [2.45, 2.75) is 50.5 Å². The fourth-order valence-electron chi connectivity index (χ4n) is 5.60. The second-order valence-electron chi connectivity index (χ2n) is 10.1. The fraction of sp³-hybridized carbons (Fsp3) is 0.577. The zero-order valence-electron chi connectivity index (χ0n) is 21.3. The fourth-order valence-corrected chi connectivity index (χ4v) is 5.88. The maximum Gasteiger partial charge on any atom is 0.419 e. The van der Waals surface area contributed by atoms with Crippen molar-refractivity contribution in [3.8, 4) is 12.1 Å². The first kappa shape index (κ1) is 26.8. The summed E-state index contributed by atoms with van der Waals surface area (Å²) >= 11 is 6.01. The number of nitrogens with one attached hydrogen (secondary N) is 1. The highest BCUT2D eigenvalue weighted by Gasteiger charge is 2.38. The van der Waals surface area contributed by atoms with Gasteiger partial charge in [-0.05, 0) is 45.0 Å². The van der Waals surface area contributed by atoms with Crippen molar-refractivity contribution < 1.29 is 17.9 Å². The molecule has 0 radical (unpaired) electrons. The van der Waals surface area contributed by atoms with Crippen molar-refractivity contribution in [1.29, 1.82) is 5.26 Å². The van der Waals surface area contributed by atoms with Gasteiger partial charge in [0.2, 0.25) is 0 Å². The molecule has 0 aliphatic carbocycles. The number of hydrogen-bond acceptors (Lipinski definition) is 8. The Bertz CT molecular complexity index is 1200. The molecule has 5 rings (SSSR count). The molecule has 2 saturated heterocycles. The van der Waals surface area contributed by atoms with E-state index in [0.29, 0.717) is 51.3 Å². The lowest BCUT2D eigenvalue weighted by Gasteiger charge is -2.37. The summed E-state index contributed by atoms with van der Waals surface area (Å²) in [5.74, 6) is 0.746. The molecule has 0 saturated carbocycles. The Morgan fingerprint density at radius 2 is 2.05 bits per heavy atom. The molecule has 3 aliphatic heterocycles. The Morgan fingerprint density at radius 3 is 2.79 bits per heavy atom. The minimum absolute atomic E-state index is 0.0109. The van der Waals surface area contributed by atoms with Crippen LogP contribution >= 0.6 is 11.6 Å². The van der Waals surface area contributed by atoms with Crippen molar-refractivity contribution in [3.05, 3.63) is 40.0 Å². The lowest BCUT2D eigenvalue weighted by Crippen LogP contribution is -2.51. The summed E-state index contributed by atoms with van der Waals surface area (Å²) in [5, 5.41) is 12.2. The minimum atomic E-state index is -4.58. The monoisotopic (exact) mass is 549 g/mol. The number of likely N-dealkylation sites (tertiary alicyclic amines) is 1. The van der Waals surface area contributed by atoms with Gasteiger partial charge in [-0.1, -0.05) is 17.7 Å². The van der Waals surface area contributed by atoms with Crippen LogP contribution in [0.4, 0.5) is 24.7 Å². The van der Waals surface area contributed by atoms with Gasteiger partial charge in [-0.15, -0.1) is 0 Å². The molecule has 1 aromatic carbocycles. The van der Waals surface area contributed by atoms with Crippen LogP contribution in [0.15, 0.2) is 18.2 Å². The Morgan fingerprint density at radius 1 is 1.21 bits per heavy atom. The first-order valence-corrected chi connectivity index (χ1v) is 13.3. The Balaban J connectivity index is 1.47. The standard InChI is InChI=1S/C26H31ClF3N7O/c1-35-11-3-4-18(35)16-38-25-33-21-15-36(22-6-2-5-20(27)23(22)26(28,29)30)12-8-19(21)24(34-25)37-13-10-32-17(14-37)7-9-31/h2,5-6,17-18,32H,3-4,7-8,10-16H2,1H3/t17-,18-/m0/s1. The predicted molar refractivity (Wildman–Crippen MR) is 139 cm³/mol. The molecular weight excluding hydrogens is 519 g/mol. The summed E-state index contributed by atoms with van der Waals surface area (Å²) in [6, 6.07) is 7.00. The Kier molecular flexibility index (Phi) is 7.84. The number of nitriles is 1. The molecule has 0 amide bonds. The molecular formula is C26H31ClF3N7O. The topological polar surface area (TPSA) is 80.5 Å². The lowest BCUT2D eigenvalue weighted by atomic mass is 10.0. The summed E-state index contributed by atoms with van der Waals surface area (Å²) in [6.45, 7) is 4.03. The summed E-state index contributed by atoms with van der Waals surface area (Å²) in [7, 11) is 2.07. The number of anilines is 2. The summed E-state index contributed by atoms with van der Waals surface area (Å²) in [4.78, 5) is 15.6. The molecule has 2 atom stereocenters. The normalized spacial score (nSPS) is 22.3. The summed E-state index contributed by atoms with van der Waals surface area (Å²) < 4.78 is 47.8. The molecule has 0 spiro atoms. The Labute approximate surface area is 225 Å². The van der Waals surface area contributed by atoms with Crippen LogP contribution in [0, 0.1) is 11.3 Å². The molecule has 38 heavy (non-hydrogen) atoms. The van der Waals surface area contributed by atoms with Crippen molar-refractivity contribution in [2.75, 3.05) is 56.2 Å². The molecule has 1 N–H and O–H groups in total. The number of alkyl halides is 3. The molecule has 8 nitrogen and oxygen atoms in total.